The number of nitrogens with zero attached hydrogens (tertiary/aromatic N) is 2. The smallest absolute Gasteiger partial charge is 0.258 e. The van der Waals surface area contributed by atoms with Crippen LogP contribution in [0.3, 0.4) is 0 Å². The molecule has 4 nitrogen and oxygen atoms in total. The topological polar surface area (TPSA) is 39.3 Å². The van der Waals surface area contributed by atoms with Crippen LogP contribution in [0.4, 0.5) is 5.69 Å². The number of para-hydroxylation sites is 1. The number of carbonyl (C=O) groups is 1. The summed E-state index contributed by atoms with van der Waals surface area (Å²) in [5, 5.41) is 1.05. The first-order valence-corrected chi connectivity index (χ1v) is 10.1. The highest BCUT2D eigenvalue weighted by atomic mass is 32.2. The molecular formula is C21H23N3OS. The molecule has 26 heavy (non-hydrogen) atoms. The Morgan fingerprint density at radius 2 is 1.88 bits per heavy atom. The van der Waals surface area contributed by atoms with Gasteiger partial charge >= 0.3 is 0 Å². The molecule has 1 amide bonds. The van der Waals surface area contributed by atoms with Crippen LogP contribution in [-0.4, -0.2) is 47.4 Å². The van der Waals surface area contributed by atoms with Crippen LogP contribution in [0.5, 0.6) is 0 Å². The fraction of sp³-hybridized carbons (Fsp3) is 0.286. The van der Waals surface area contributed by atoms with E-state index in [1.165, 1.54) is 17.1 Å². The van der Waals surface area contributed by atoms with Gasteiger partial charge in [0.05, 0.1) is 0 Å². The first-order valence-electron chi connectivity index (χ1n) is 8.96. The van der Waals surface area contributed by atoms with Crippen LogP contribution in [0, 0.1) is 0 Å². The number of nitrogens with one attached hydrogen (secondary N) is 1. The molecule has 2 aromatic carbocycles. The summed E-state index contributed by atoms with van der Waals surface area (Å²) in [7, 11) is 1.84. The van der Waals surface area contributed by atoms with E-state index in [-0.39, 0.29) is 5.91 Å². The van der Waals surface area contributed by atoms with Gasteiger partial charge in [0.15, 0.2) is 0 Å². The number of benzene rings is 2. The Hall–Kier alpha value is -2.24. The first kappa shape index (κ1) is 17.2. The van der Waals surface area contributed by atoms with Crippen molar-refractivity contribution in [3.05, 3.63) is 65.9 Å². The van der Waals surface area contributed by atoms with Gasteiger partial charge in [0.1, 0.15) is 0 Å². The molecule has 1 fully saturated rings. The lowest BCUT2D eigenvalue weighted by Gasteiger charge is -2.26. The molecule has 0 bridgehead atoms. The van der Waals surface area contributed by atoms with E-state index in [4.69, 9.17) is 0 Å². The second-order valence-corrected chi connectivity index (χ2v) is 7.86. The van der Waals surface area contributed by atoms with Crippen LogP contribution < -0.4 is 4.90 Å². The molecule has 134 valence electrons. The van der Waals surface area contributed by atoms with E-state index >= 15 is 0 Å². The van der Waals surface area contributed by atoms with Crippen LogP contribution in [0.25, 0.3) is 10.9 Å². The quantitative estimate of drug-likeness (QED) is 0.760. The van der Waals surface area contributed by atoms with Gasteiger partial charge in [0.25, 0.3) is 5.91 Å². The van der Waals surface area contributed by atoms with Crippen molar-refractivity contribution in [1.29, 1.82) is 0 Å². The number of aromatic amines is 1. The molecule has 0 radical (unpaired) electrons. The summed E-state index contributed by atoms with van der Waals surface area (Å²) in [6.45, 7) is 3.11. The van der Waals surface area contributed by atoms with E-state index in [9.17, 15) is 4.79 Å². The molecule has 5 heteroatoms. The zero-order chi connectivity index (χ0) is 17.9. The van der Waals surface area contributed by atoms with Gasteiger partial charge < -0.3 is 9.88 Å². The molecular weight excluding hydrogens is 342 g/mol. The number of carbonyl (C=O) groups excluding carboxylic acids is 1. The first-order chi connectivity index (χ1) is 12.7. The van der Waals surface area contributed by atoms with E-state index in [1.807, 2.05) is 67.3 Å². The highest BCUT2D eigenvalue weighted by Gasteiger charge is 2.20. The molecule has 0 atom stereocenters. The summed E-state index contributed by atoms with van der Waals surface area (Å²) in [6, 6.07) is 15.7. The van der Waals surface area contributed by atoms with Crippen molar-refractivity contribution in [2.45, 2.75) is 6.54 Å². The molecule has 0 spiro atoms. The van der Waals surface area contributed by atoms with Crippen LogP contribution in [0.2, 0.25) is 0 Å². The van der Waals surface area contributed by atoms with E-state index in [1.54, 1.807) is 4.90 Å². The molecule has 0 unspecified atom stereocenters. The van der Waals surface area contributed by atoms with E-state index in [0.29, 0.717) is 0 Å². The van der Waals surface area contributed by atoms with Crippen molar-refractivity contribution < 1.29 is 4.79 Å². The Bertz CT molecular complexity index is 900. The molecule has 0 aliphatic carbocycles. The Kier molecular flexibility index (Phi) is 5.00. The summed E-state index contributed by atoms with van der Waals surface area (Å²) in [5.74, 6) is 2.40. The van der Waals surface area contributed by atoms with Crippen molar-refractivity contribution in [3.63, 3.8) is 0 Å². The molecule has 4 rings (SSSR count). The van der Waals surface area contributed by atoms with Crippen LogP contribution >= 0.6 is 11.8 Å². The van der Waals surface area contributed by atoms with Crippen LogP contribution in [0.15, 0.2) is 54.7 Å². The van der Waals surface area contributed by atoms with Crippen molar-refractivity contribution in [2.75, 3.05) is 36.5 Å². The number of hydrogen-bond donors (Lipinski definition) is 1. The van der Waals surface area contributed by atoms with E-state index in [0.717, 1.165) is 41.8 Å². The largest absolute Gasteiger partial charge is 0.361 e. The zero-order valence-electron chi connectivity index (χ0n) is 14.9. The number of rotatable bonds is 4. The molecule has 0 saturated carbocycles. The third kappa shape index (κ3) is 3.37. The summed E-state index contributed by atoms with van der Waals surface area (Å²) in [5.41, 5.74) is 3.90. The highest BCUT2D eigenvalue weighted by molar-refractivity contribution is 7.99. The maximum atomic E-state index is 13.2. The third-order valence-electron chi connectivity index (χ3n) is 4.96. The third-order valence-corrected chi connectivity index (χ3v) is 5.91. The van der Waals surface area contributed by atoms with Gasteiger partial charge in [0.2, 0.25) is 0 Å². The van der Waals surface area contributed by atoms with Gasteiger partial charge in [-0.25, -0.2) is 0 Å². The second-order valence-electron chi connectivity index (χ2n) is 6.63. The van der Waals surface area contributed by atoms with Gasteiger partial charge in [-0.2, -0.15) is 11.8 Å². The average molecular weight is 366 g/mol. The lowest BCUT2D eigenvalue weighted by Crippen LogP contribution is -2.32. The number of fused-ring (bicyclic) bond motifs is 1. The van der Waals surface area contributed by atoms with E-state index in [2.05, 4.69) is 16.1 Å². The SMILES string of the molecule is CN(C(=O)c1cccc2[nH]cc(CN3CCSCC3)c12)c1ccccc1. The summed E-state index contributed by atoms with van der Waals surface area (Å²) >= 11 is 2.01. The predicted octanol–water partition coefficient (Wildman–Crippen LogP) is 3.99. The predicted molar refractivity (Wildman–Crippen MR) is 110 cm³/mol. The van der Waals surface area contributed by atoms with Gasteiger partial charge in [0, 0.05) is 66.5 Å². The monoisotopic (exact) mass is 365 g/mol. The minimum atomic E-state index is 0.0249. The Labute approximate surface area is 158 Å². The fourth-order valence-corrected chi connectivity index (χ4v) is 4.49. The van der Waals surface area contributed by atoms with Crippen LogP contribution in [-0.2, 0) is 6.54 Å². The lowest BCUT2D eigenvalue weighted by molar-refractivity contribution is 0.0994. The van der Waals surface area contributed by atoms with Gasteiger partial charge in [-0.05, 0) is 29.8 Å². The lowest BCUT2D eigenvalue weighted by atomic mass is 10.0. The number of thioether (sulfide) groups is 1. The fourth-order valence-electron chi connectivity index (χ4n) is 3.51. The van der Waals surface area contributed by atoms with Gasteiger partial charge in [-0.15, -0.1) is 0 Å². The van der Waals surface area contributed by atoms with Crippen molar-refractivity contribution in [3.8, 4) is 0 Å². The molecule has 1 aromatic heterocycles. The maximum Gasteiger partial charge on any atom is 0.258 e. The normalized spacial score (nSPS) is 15.3. The number of H-pyrrole nitrogens is 1. The molecule has 1 aliphatic rings. The second kappa shape index (κ2) is 7.56. The molecule has 1 aliphatic heterocycles. The molecule has 1 N–H and O–H groups in total. The van der Waals surface area contributed by atoms with Crippen molar-refractivity contribution in [1.82, 2.24) is 9.88 Å². The number of hydrogen-bond acceptors (Lipinski definition) is 3. The standard InChI is InChI=1S/C21H23N3OS/c1-23(17-6-3-2-4-7-17)21(25)18-8-5-9-19-20(18)16(14-22-19)15-24-10-12-26-13-11-24/h2-9,14,22H,10-13,15H2,1H3. The van der Waals surface area contributed by atoms with Crippen molar-refractivity contribution >= 4 is 34.3 Å². The van der Waals surface area contributed by atoms with Gasteiger partial charge in [-0.3, -0.25) is 9.69 Å². The number of amides is 1. The summed E-state index contributed by atoms with van der Waals surface area (Å²) in [6.07, 6.45) is 2.06. The molecule has 3 aromatic rings. The van der Waals surface area contributed by atoms with Crippen molar-refractivity contribution in [2.24, 2.45) is 0 Å². The molecule has 1 saturated heterocycles. The minimum Gasteiger partial charge on any atom is -0.361 e. The molecule has 2 heterocycles. The minimum absolute atomic E-state index is 0.0249. The van der Waals surface area contributed by atoms with E-state index < -0.39 is 0 Å². The highest BCUT2D eigenvalue weighted by Crippen LogP contribution is 2.27. The maximum absolute atomic E-state index is 13.2. The number of anilines is 1. The number of aromatic nitrogens is 1. The summed E-state index contributed by atoms with van der Waals surface area (Å²) < 4.78 is 0. The Morgan fingerprint density at radius 1 is 1.12 bits per heavy atom. The summed E-state index contributed by atoms with van der Waals surface area (Å²) in [4.78, 5) is 20.7. The average Bonchev–Trinajstić information content (AvgIpc) is 3.11. The zero-order valence-corrected chi connectivity index (χ0v) is 15.8. The Morgan fingerprint density at radius 3 is 2.65 bits per heavy atom. The van der Waals surface area contributed by atoms with Gasteiger partial charge in [-0.1, -0.05) is 24.3 Å². The van der Waals surface area contributed by atoms with Crippen LogP contribution in [0.1, 0.15) is 15.9 Å². The Balaban J connectivity index is 1.68.